The smallest absolute Gasteiger partial charge is 0.143 e. The second-order valence-corrected chi connectivity index (χ2v) is 3.89. The van der Waals surface area contributed by atoms with Gasteiger partial charge >= 0.3 is 0 Å². The molecule has 0 bridgehead atoms. The van der Waals surface area contributed by atoms with Crippen molar-refractivity contribution in [1.82, 2.24) is 0 Å². The van der Waals surface area contributed by atoms with Crippen molar-refractivity contribution in [1.29, 1.82) is 5.26 Å². The predicted octanol–water partition coefficient (Wildman–Crippen LogP) is 2.40. The Balaban J connectivity index is 3.04. The summed E-state index contributed by atoms with van der Waals surface area (Å²) in [5.41, 5.74) is -0.176. The lowest BCUT2D eigenvalue weighted by Gasteiger charge is -2.08. The van der Waals surface area contributed by atoms with Crippen molar-refractivity contribution < 1.29 is 13.9 Å². The molecule has 5 heteroatoms. The maximum Gasteiger partial charge on any atom is 0.143 e. The van der Waals surface area contributed by atoms with E-state index in [-0.39, 0.29) is 16.5 Å². The van der Waals surface area contributed by atoms with Crippen LogP contribution in [0.15, 0.2) is 16.6 Å². The van der Waals surface area contributed by atoms with Crippen molar-refractivity contribution in [2.75, 3.05) is 6.61 Å². The van der Waals surface area contributed by atoms with Crippen molar-refractivity contribution in [3.63, 3.8) is 0 Å². The summed E-state index contributed by atoms with van der Waals surface area (Å²) in [6.07, 6.45) is -0.135. The molecule has 0 aliphatic carbocycles. The lowest BCUT2D eigenvalue weighted by atomic mass is 10.0. The maximum atomic E-state index is 13.4. The molecule has 0 heterocycles. The van der Waals surface area contributed by atoms with Crippen molar-refractivity contribution in [2.24, 2.45) is 5.92 Å². The molecule has 2 nitrogen and oxygen atoms in total. The number of aliphatic hydroxyl groups is 1. The summed E-state index contributed by atoms with van der Waals surface area (Å²) < 4.78 is 26.8. The molecule has 0 radical (unpaired) electrons. The summed E-state index contributed by atoms with van der Waals surface area (Å²) in [6, 6.07) is 4.15. The van der Waals surface area contributed by atoms with E-state index in [9.17, 15) is 8.78 Å². The Morgan fingerprint density at radius 3 is 2.67 bits per heavy atom. The number of halogens is 3. The van der Waals surface area contributed by atoms with Crippen LogP contribution in [0.25, 0.3) is 0 Å². The Hall–Kier alpha value is -0.990. The highest BCUT2D eigenvalue weighted by atomic mass is 79.9. The molecule has 1 N–H and O–H groups in total. The molecule has 1 rings (SSSR count). The normalized spacial score (nSPS) is 12.2. The van der Waals surface area contributed by atoms with Gasteiger partial charge in [-0.15, -0.1) is 0 Å². The van der Waals surface area contributed by atoms with Gasteiger partial charge in [-0.2, -0.15) is 5.26 Å². The third-order valence-corrected chi connectivity index (χ3v) is 2.60. The minimum atomic E-state index is -0.789. The number of hydrogen-bond donors (Lipinski definition) is 1. The van der Waals surface area contributed by atoms with E-state index in [4.69, 9.17) is 10.4 Å². The average molecular weight is 276 g/mol. The van der Waals surface area contributed by atoms with Crippen molar-refractivity contribution in [3.8, 4) is 6.07 Å². The monoisotopic (exact) mass is 275 g/mol. The molecule has 0 aromatic heterocycles. The Kier molecular flexibility index (Phi) is 4.18. The highest BCUT2D eigenvalue weighted by molar-refractivity contribution is 9.10. The largest absolute Gasteiger partial charge is 0.395 e. The lowest BCUT2D eigenvalue weighted by molar-refractivity contribution is 0.254. The van der Waals surface area contributed by atoms with E-state index in [1.165, 1.54) is 6.07 Å². The van der Waals surface area contributed by atoms with Gasteiger partial charge in [0.1, 0.15) is 11.6 Å². The Labute approximate surface area is 94.3 Å². The number of nitriles is 1. The minimum Gasteiger partial charge on any atom is -0.395 e. The molecule has 80 valence electrons. The molecule has 1 unspecified atom stereocenters. The summed E-state index contributed by atoms with van der Waals surface area (Å²) in [6.45, 7) is -0.415. The van der Waals surface area contributed by atoms with E-state index < -0.39 is 24.2 Å². The molecule has 0 saturated carbocycles. The zero-order chi connectivity index (χ0) is 11.4. The van der Waals surface area contributed by atoms with Gasteiger partial charge < -0.3 is 5.11 Å². The molecule has 1 atom stereocenters. The fourth-order valence-electron chi connectivity index (χ4n) is 1.15. The number of nitrogens with zero attached hydrogens (tertiary/aromatic N) is 1. The highest BCUT2D eigenvalue weighted by Crippen LogP contribution is 2.23. The number of rotatable bonds is 3. The van der Waals surface area contributed by atoms with Gasteiger partial charge in [-0.3, -0.25) is 0 Å². The summed E-state index contributed by atoms with van der Waals surface area (Å²) in [7, 11) is 0. The fraction of sp³-hybridized carbons (Fsp3) is 0.300. The molecule has 0 fully saturated rings. The SMILES string of the molecule is N#CC(CO)Cc1c(F)ccc(Br)c1F. The first-order valence-corrected chi connectivity index (χ1v) is 5.02. The molecule has 0 saturated heterocycles. The van der Waals surface area contributed by atoms with Crippen LogP contribution in [0.1, 0.15) is 5.56 Å². The fourth-order valence-corrected chi connectivity index (χ4v) is 1.53. The van der Waals surface area contributed by atoms with Crippen molar-refractivity contribution >= 4 is 15.9 Å². The summed E-state index contributed by atoms with van der Waals surface area (Å²) >= 11 is 2.93. The molecular weight excluding hydrogens is 268 g/mol. The Morgan fingerprint density at radius 2 is 2.13 bits per heavy atom. The van der Waals surface area contributed by atoms with Crippen LogP contribution in [0, 0.1) is 28.9 Å². The topological polar surface area (TPSA) is 44.0 Å². The van der Waals surface area contributed by atoms with E-state index in [1.54, 1.807) is 6.07 Å². The predicted molar refractivity (Wildman–Crippen MR) is 54.0 cm³/mol. The van der Waals surface area contributed by atoms with Crippen LogP contribution in [0.4, 0.5) is 8.78 Å². The van der Waals surface area contributed by atoms with E-state index in [1.807, 2.05) is 0 Å². The van der Waals surface area contributed by atoms with Crippen LogP contribution in [-0.2, 0) is 6.42 Å². The molecule has 0 amide bonds. The molecule has 1 aromatic carbocycles. The first-order valence-electron chi connectivity index (χ1n) is 4.23. The van der Waals surface area contributed by atoms with Gasteiger partial charge in [0.05, 0.1) is 23.1 Å². The maximum absolute atomic E-state index is 13.4. The first-order chi connectivity index (χ1) is 7.10. The van der Waals surface area contributed by atoms with Crippen LogP contribution in [0.2, 0.25) is 0 Å². The highest BCUT2D eigenvalue weighted by Gasteiger charge is 2.16. The second-order valence-electron chi connectivity index (χ2n) is 3.03. The number of benzene rings is 1. The van der Waals surface area contributed by atoms with Gasteiger partial charge in [0, 0.05) is 5.56 Å². The zero-order valence-corrected chi connectivity index (χ0v) is 9.26. The molecule has 0 aliphatic heterocycles. The van der Waals surface area contributed by atoms with Gasteiger partial charge in [-0.05, 0) is 34.5 Å². The Bertz CT molecular complexity index is 403. The van der Waals surface area contributed by atoms with Crippen molar-refractivity contribution in [2.45, 2.75) is 6.42 Å². The van der Waals surface area contributed by atoms with Gasteiger partial charge in [0.25, 0.3) is 0 Å². The summed E-state index contributed by atoms with van der Waals surface area (Å²) in [4.78, 5) is 0. The minimum absolute atomic E-state index is 0.135. The van der Waals surface area contributed by atoms with Gasteiger partial charge in [0.2, 0.25) is 0 Å². The quantitative estimate of drug-likeness (QED) is 0.861. The van der Waals surface area contributed by atoms with Crippen LogP contribution in [-0.4, -0.2) is 11.7 Å². The third kappa shape index (κ3) is 2.74. The van der Waals surface area contributed by atoms with Crippen molar-refractivity contribution in [3.05, 3.63) is 33.8 Å². The van der Waals surface area contributed by atoms with Gasteiger partial charge in [0.15, 0.2) is 0 Å². The molecular formula is C10H8BrF2NO. The molecule has 15 heavy (non-hydrogen) atoms. The summed E-state index contributed by atoms with van der Waals surface area (Å²) in [5, 5.41) is 17.3. The van der Waals surface area contributed by atoms with Gasteiger partial charge in [-0.1, -0.05) is 0 Å². The second kappa shape index (κ2) is 5.19. The van der Waals surface area contributed by atoms with E-state index in [0.29, 0.717) is 0 Å². The third-order valence-electron chi connectivity index (χ3n) is 1.99. The molecule has 0 spiro atoms. The average Bonchev–Trinajstić information content (AvgIpc) is 2.24. The molecule has 0 aliphatic rings. The zero-order valence-electron chi connectivity index (χ0n) is 7.67. The number of hydrogen-bond acceptors (Lipinski definition) is 2. The summed E-state index contributed by atoms with van der Waals surface area (Å²) in [5.74, 6) is -2.21. The van der Waals surface area contributed by atoms with Crippen LogP contribution in [0.5, 0.6) is 0 Å². The van der Waals surface area contributed by atoms with Crippen LogP contribution >= 0.6 is 15.9 Å². The van der Waals surface area contributed by atoms with Crippen LogP contribution in [0.3, 0.4) is 0 Å². The van der Waals surface area contributed by atoms with E-state index in [0.717, 1.165) is 6.07 Å². The standard InChI is InChI=1S/C10H8BrF2NO/c11-8-1-2-9(12)7(10(8)13)3-6(4-14)5-15/h1-2,6,15H,3,5H2. The first kappa shape index (κ1) is 12.1. The lowest BCUT2D eigenvalue weighted by Crippen LogP contribution is -2.10. The van der Waals surface area contributed by atoms with Gasteiger partial charge in [-0.25, -0.2) is 8.78 Å². The molecule has 1 aromatic rings. The number of aliphatic hydroxyl groups excluding tert-OH is 1. The van der Waals surface area contributed by atoms with E-state index in [2.05, 4.69) is 15.9 Å². The van der Waals surface area contributed by atoms with E-state index >= 15 is 0 Å². The Morgan fingerprint density at radius 1 is 1.47 bits per heavy atom. The van der Waals surface area contributed by atoms with Crippen LogP contribution < -0.4 is 0 Å².